The fraction of sp³-hybridized carbons (Fsp3) is 0.409. The van der Waals surface area contributed by atoms with E-state index in [0.717, 1.165) is 45.8 Å². The molecule has 0 saturated heterocycles. The molecule has 0 aliphatic carbocycles. The smallest absolute Gasteiger partial charge is 0.220 e. The molecular weight excluding hydrogens is 355 g/mol. The summed E-state index contributed by atoms with van der Waals surface area (Å²) in [5.41, 5.74) is 6.31. The van der Waals surface area contributed by atoms with Gasteiger partial charge in [0.25, 0.3) is 0 Å². The van der Waals surface area contributed by atoms with E-state index in [1.54, 1.807) is 12.1 Å². The lowest BCUT2D eigenvalue weighted by atomic mass is 10.0. The molecule has 0 unspecified atom stereocenters. The molecule has 0 fully saturated rings. The number of benzene rings is 1. The average molecular weight is 382 g/mol. The second kappa shape index (κ2) is 8.09. The molecule has 0 radical (unpaired) electrons. The first-order valence-corrected chi connectivity index (χ1v) is 9.72. The minimum Gasteiger partial charge on any atom is -0.354 e. The number of amides is 1. The van der Waals surface area contributed by atoms with Crippen molar-refractivity contribution in [2.75, 3.05) is 0 Å². The normalized spacial score (nSPS) is 12.4. The summed E-state index contributed by atoms with van der Waals surface area (Å²) in [6, 6.07) is 6.57. The molecule has 3 aromatic rings. The molecule has 0 aliphatic heterocycles. The SMILES string of the molecule is CC[C@@H](C)NC(=O)CCc1c(C)nc2c(-c3ccc(F)cc3)c(C)nn2c1C. The number of aromatic nitrogens is 3. The van der Waals surface area contributed by atoms with Crippen LogP contribution in [0.25, 0.3) is 16.8 Å². The molecule has 28 heavy (non-hydrogen) atoms. The highest BCUT2D eigenvalue weighted by atomic mass is 19.1. The number of rotatable bonds is 6. The van der Waals surface area contributed by atoms with E-state index in [2.05, 4.69) is 17.3 Å². The molecule has 1 aromatic carbocycles. The third-order valence-electron chi connectivity index (χ3n) is 5.26. The Labute approximate surface area is 165 Å². The second-order valence-corrected chi connectivity index (χ2v) is 7.34. The summed E-state index contributed by atoms with van der Waals surface area (Å²) in [6.45, 7) is 9.96. The summed E-state index contributed by atoms with van der Waals surface area (Å²) in [7, 11) is 0. The predicted octanol–water partition coefficient (Wildman–Crippen LogP) is 4.31. The van der Waals surface area contributed by atoms with E-state index >= 15 is 0 Å². The molecule has 0 aliphatic rings. The van der Waals surface area contributed by atoms with Crippen molar-refractivity contribution in [1.29, 1.82) is 0 Å². The lowest BCUT2D eigenvalue weighted by Crippen LogP contribution is -2.32. The number of nitrogens with one attached hydrogen (secondary N) is 1. The molecule has 148 valence electrons. The second-order valence-electron chi connectivity index (χ2n) is 7.34. The van der Waals surface area contributed by atoms with E-state index in [-0.39, 0.29) is 17.8 Å². The van der Waals surface area contributed by atoms with Crippen LogP contribution in [0.1, 0.15) is 49.3 Å². The summed E-state index contributed by atoms with van der Waals surface area (Å²) in [5, 5.41) is 7.66. The van der Waals surface area contributed by atoms with E-state index in [4.69, 9.17) is 4.98 Å². The first kappa shape index (κ1) is 20.0. The molecule has 2 heterocycles. The highest BCUT2D eigenvalue weighted by molar-refractivity contribution is 5.80. The van der Waals surface area contributed by atoms with Gasteiger partial charge < -0.3 is 5.32 Å². The number of halogens is 1. The van der Waals surface area contributed by atoms with Crippen molar-refractivity contribution < 1.29 is 9.18 Å². The summed E-state index contributed by atoms with van der Waals surface area (Å²) in [6.07, 6.45) is 1.95. The third kappa shape index (κ3) is 3.91. The Hall–Kier alpha value is -2.76. The average Bonchev–Trinajstić information content (AvgIpc) is 2.98. The van der Waals surface area contributed by atoms with Gasteiger partial charge in [-0.05, 0) is 63.8 Å². The van der Waals surface area contributed by atoms with Gasteiger partial charge in [0, 0.05) is 29.4 Å². The summed E-state index contributed by atoms with van der Waals surface area (Å²) in [4.78, 5) is 16.9. The molecule has 5 nitrogen and oxygen atoms in total. The molecule has 0 bridgehead atoms. The summed E-state index contributed by atoms with van der Waals surface area (Å²) < 4.78 is 15.1. The standard InChI is InChI=1S/C22H27FN4O/c1-6-13(2)24-20(28)12-11-19-14(3)25-22-21(15(4)26-27(22)16(19)5)17-7-9-18(23)10-8-17/h7-10,13H,6,11-12H2,1-5H3,(H,24,28)/t13-/m1/s1. The quantitative estimate of drug-likeness (QED) is 0.691. The van der Waals surface area contributed by atoms with Crippen molar-refractivity contribution in [1.82, 2.24) is 19.9 Å². The van der Waals surface area contributed by atoms with E-state index in [1.165, 1.54) is 12.1 Å². The van der Waals surface area contributed by atoms with Crippen LogP contribution in [0.5, 0.6) is 0 Å². The van der Waals surface area contributed by atoms with Crippen LogP contribution in [0.4, 0.5) is 4.39 Å². The first-order valence-electron chi connectivity index (χ1n) is 9.72. The number of hydrogen-bond donors (Lipinski definition) is 1. The number of carbonyl (C=O) groups excluding carboxylic acids is 1. The third-order valence-corrected chi connectivity index (χ3v) is 5.26. The maximum Gasteiger partial charge on any atom is 0.220 e. The van der Waals surface area contributed by atoms with Crippen molar-refractivity contribution in [3.8, 4) is 11.1 Å². The van der Waals surface area contributed by atoms with Crippen LogP contribution in [0, 0.1) is 26.6 Å². The zero-order valence-corrected chi connectivity index (χ0v) is 17.1. The largest absolute Gasteiger partial charge is 0.354 e. The number of fused-ring (bicyclic) bond motifs is 1. The van der Waals surface area contributed by atoms with Gasteiger partial charge in [-0.3, -0.25) is 4.79 Å². The Morgan fingerprint density at radius 1 is 1.18 bits per heavy atom. The highest BCUT2D eigenvalue weighted by Gasteiger charge is 2.18. The molecule has 1 amide bonds. The van der Waals surface area contributed by atoms with Gasteiger partial charge in [-0.25, -0.2) is 13.9 Å². The minimum atomic E-state index is -0.267. The van der Waals surface area contributed by atoms with Crippen LogP contribution in [-0.4, -0.2) is 26.5 Å². The fourth-order valence-corrected chi connectivity index (χ4v) is 3.47. The Morgan fingerprint density at radius 2 is 1.86 bits per heavy atom. The van der Waals surface area contributed by atoms with Gasteiger partial charge in [0.15, 0.2) is 5.65 Å². The first-order chi connectivity index (χ1) is 13.3. The molecule has 1 atom stereocenters. The van der Waals surface area contributed by atoms with E-state index in [1.807, 2.05) is 32.2 Å². The van der Waals surface area contributed by atoms with Gasteiger partial charge in [-0.15, -0.1) is 0 Å². The van der Waals surface area contributed by atoms with E-state index in [0.29, 0.717) is 12.8 Å². The molecule has 0 spiro atoms. The molecule has 3 rings (SSSR count). The van der Waals surface area contributed by atoms with Crippen LogP contribution in [0.2, 0.25) is 0 Å². The predicted molar refractivity (Wildman–Crippen MR) is 109 cm³/mol. The molecule has 1 N–H and O–H groups in total. The van der Waals surface area contributed by atoms with Crippen LogP contribution >= 0.6 is 0 Å². The maximum atomic E-state index is 13.3. The van der Waals surface area contributed by atoms with Gasteiger partial charge in [0.2, 0.25) is 5.91 Å². The van der Waals surface area contributed by atoms with Crippen LogP contribution in [0.15, 0.2) is 24.3 Å². The zero-order chi connectivity index (χ0) is 20.4. The van der Waals surface area contributed by atoms with Gasteiger partial charge in [-0.1, -0.05) is 19.1 Å². The van der Waals surface area contributed by atoms with Gasteiger partial charge in [0.05, 0.1) is 5.69 Å². The molecule has 6 heteroatoms. The van der Waals surface area contributed by atoms with Crippen molar-refractivity contribution >= 4 is 11.6 Å². The minimum absolute atomic E-state index is 0.0527. The Bertz CT molecular complexity index is 1010. The number of hydrogen-bond acceptors (Lipinski definition) is 3. The molecular formula is C22H27FN4O. The lowest BCUT2D eigenvalue weighted by Gasteiger charge is -2.14. The van der Waals surface area contributed by atoms with Crippen LogP contribution < -0.4 is 5.32 Å². The van der Waals surface area contributed by atoms with Crippen LogP contribution in [0.3, 0.4) is 0 Å². The summed E-state index contributed by atoms with van der Waals surface area (Å²) >= 11 is 0. The van der Waals surface area contributed by atoms with Crippen LogP contribution in [-0.2, 0) is 11.2 Å². The monoisotopic (exact) mass is 382 g/mol. The molecule has 0 saturated carbocycles. The number of carbonyl (C=O) groups is 1. The highest BCUT2D eigenvalue weighted by Crippen LogP contribution is 2.29. The number of aryl methyl sites for hydroxylation is 3. The Morgan fingerprint density at radius 3 is 2.50 bits per heavy atom. The van der Waals surface area contributed by atoms with Crippen molar-refractivity contribution in [3.05, 3.63) is 52.7 Å². The topological polar surface area (TPSA) is 59.3 Å². The van der Waals surface area contributed by atoms with E-state index < -0.39 is 0 Å². The Kier molecular flexibility index (Phi) is 5.77. The van der Waals surface area contributed by atoms with Gasteiger partial charge >= 0.3 is 0 Å². The van der Waals surface area contributed by atoms with Gasteiger partial charge in [-0.2, -0.15) is 5.10 Å². The zero-order valence-electron chi connectivity index (χ0n) is 17.1. The summed E-state index contributed by atoms with van der Waals surface area (Å²) in [5.74, 6) is -0.215. The van der Waals surface area contributed by atoms with Crippen molar-refractivity contribution in [2.45, 2.75) is 59.9 Å². The number of nitrogens with zero attached hydrogens (tertiary/aromatic N) is 3. The van der Waals surface area contributed by atoms with Gasteiger partial charge in [0.1, 0.15) is 5.82 Å². The molecule has 2 aromatic heterocycles. The van der Waals surface area contributed by atoms with Crippen molar-refractivity contribution in [3.63, 3.8) is 0 Å². The van der Waals surface area contributed by atoms with Crippen molar-refractivity contribution in [2.24, 2.45) is 0 Å². The Balaban J connectivity index is 1.95. The lowest BCUT2D eigenvalue weighted by molar-refractivity contribution is -0.121. The maximum absolute atomic E-state index is 13.3. The fourth-order valence-electron chi connectivity index (χ4n) is 3.47. The van der Waals surface area contributed by atoms with E-state index in [9.17, 15) is 9.18 Å².